The van der Waals surface area contributed by atoms with Gasteiger partial charge in [0, 0.05) is 24.7 Å². The topological polar surface area (TPSA) is 75.2 Å². The zero-order valence-electron chi connectivity index (χ0n) is 19.0. The van der Waals surface area contributed by atoms with Crippen LogP contribution in [0, 0.1) is 40.4 Å². The largest absolute Gasteiger partial charge is 0.316 e. The zero-order valence-corrected chi connectivity index (χ0v) is 19.0. The molecule has 6 nitrogen and oxygen atoms in total. The molecule has 3 aliphatic heterocycles. The molecule has 30 heavy (non-hydrogen) atoms. The Hall–Kier alpha value is -0.710. The second-order valence-corrected chi connectivity index (χ2v) is 11.5. The molecule has 5 aliphatic rings. The molecule has 2 aliphatic carbocycles. The maximum Gasteiger partial charge on any atom is 0.0686 e. The van der Waals surface area contributed by atoms with Crippen LogP contribution in [0.2, 0.25) is 0 Å². The van der Waals surface area contributed by atoms with Crippen molar-refractivity contribution in [2.75, 3.05) is 19.6 Å². The second kappa shape index (κ2) is 8.67. The number of hydrazine groups is 2. The van der Waals surface area contributed by atoms with Crippen LogP contribution >= 0.6 is 0 Å². The van der Waals surface area contributed by atoms with Gasteiger partial charge in [0.05, 0.1) is 17.5 Å². The van der Waals surface area contributed by atoms with Gasteiger partial charge in [0.15, 0.2) is 0 Å². The van der Waals surface area contributed by atoms with Gasteiger partial charge in [-0.2, -0.15) is 10.8 Å². The Bertz CT molecular complexity index is 630. The first kappa shape index (κ1) is 21.2. The van der Waals surface area contributed by atoms with Crippen molar-refractivity contribution in [1.82, 2.24) is 26.6 Å². The molecule has 0 aromatic carbocycles. The molecule has 0 aromatic rings. The Morgan fingerprint density at radius 3 is 2.50 bits per heavy atom. The van der Waals surface area contributed by atoms with E-state index in [0.29, 0.717) is 30.1 Å². The Labute approximate surface area is 182 Å². The van der Waals surface area contributed by atoms with E-state index in [4.69, 9.17) is 0 Å². The SMILES string of the molecule is CC(C)(C#N)C1CCC(N2NNC3CNC4CCC(C5CCCNC5)CC4C32)CC1. The molecule has 3 saturated heterocycles. The summed E-state index contributed by atoms with van der Waals surface area (Å²) in [6, 6.07) is 4.98. The Kier molecular flexibility index (Phi) is 6.11. The number of piperidine rings is 2. The van der Waals surface area contributed by atoms with Gasteiger partial charge >= 0.3 is 0 Å². The van der Waals surface area contributed by atoms with Crippen molar-refractivity contribution in [3.05, 3.63) is 0 Å². The van der Waals surface area contributed by atoms with Crippen molar-refractivity contribution in [2.45, 2.75) is 95.8 Å². The van der Waals surface area contributed by atoms with Crippen LogP contribution in [0.4, 0.5) is 0 Å². The molecular formula is C24H42N6. The second-order valence-electron chi connectivity index (χ2n) is 11.5. The lowest BCUT2D eigenvalue weighted by Gasteiger charge is -2.50. The molecule has 0 aromatic heterocycles. The summed E-state index contributed by atoms with van der Waals surface area (Å²) in [5.41, 5.74) is 7.08. The summed E-state index contributed by atoms with van der Waals surface area (Å²) in [6.07, 6.45) is 11.7. The number of nitrogens with one attached hydrogen (secondary N) is 4. The number of nitriles is 1. The third kappa shape index (κ3) is 3.93. The Balaban J connectivity index is 1.26. The van der Waals surface area contributed by atoms with Gasteiger partial charge in [0.25, 0.3) is 0 Å². The molecule has 0 spiro atoms. The van der Waals surface area contributed by atoms with Gasteiger partial charge in [-0.1, -0.05) is 0 Å². The fourth-order valence-electron chi connectivity index (χ4n) is 7.55. The van der Waals surface area contributed by atoms with E-state index in [9.17, 15) is 5.26 Å². The highest BCUT2D eigenvalue weighted by atomic mass is 15.8. The quantitative estimate of drug-likeness (QED) is 0.569. The highest BCUT2D eigenvalue weighted by molar-refractivity contribution is 5.07. The first-order chi connectivity index (χ1) is 14.6. The lowest BCUT2D eigenvalue weighted by molar-refractivity contribution is -0.00481. The highest BCUT2D eigenvalue weighted by Crippen LogP contribution is 2.44. The van der Waals surface area contributed by atoms with Crippen LogP contribution in [0.15, 0.2) is 0 Å². The zero-order chi connectivity index (χ0) is 20.7. The van der Waals surface area contributed by atoms with Gasteiger partial charge in [-0.3, -0.25) is 0 Å². The average Bonchev–Trinajstić information content (AvgIpc) is 3.24. The van der Waals surface area contributed by atoms with Gasteiger partial charge in [0.2, 0.25) is 0 Å². The van der Waals surface area contributed by atoms with Crippen LogP contribution in [-0.2, 0) is 0 Å². The molecule has 3 heterocycles. The summed E-state index contributed by atoms with van der Waals surface area (Å²) in [5.74, 6) is 3.08. The van der Waals surface area contributed by atoms with E-state index in [1.807, 2.05) is 0 Å². The number of rotatable bonds is 3. The first-order valence-electron chi connectivity index (χ1n) is 12.7. The molecule has 6 heteroatoms. The van der Waals surface area contributed by atoms with Gasteiger partial charge in [-0.05, 0) is 108 Å². The molecule has 5 fully saturated rings. The molecule has 6 unspecified atom stereocenters. The minimum absolute atomic E-state index is 0.186. The molecule has 2 saturated carbocycles. The summed E-state index contributed by atoms with van der Waals surface area (Å²) in [7, 11) is 0. The number of hydrogen-bond donors (Lipinski definition) is 4. The molecule has 0 amide bonds. The van der Waals surface area contributed by atoms with Gasteiger partial charge in [0.1, 0.15) is 0 Å². The van der Waals surface area contributed by atoms with Crippen molar-refractivity contribution in [3.8, 4) is 6.07 Å². The Morgan fingerprint density at radius 1 is 0.933 bits per heavy atom. The lowest BCUT2D eigenvalue weighted by atomic mass is 9.66. The van der Waals surface area contributed by atoms with Crippen molar-refractivity contribution < 1.29 is 0 Å². The molecule has 4 N–H and O–H groups in total. The van der Waals surface area contributed by atoms with Gasteiger partial charge < -0.3 is 10.6 Å². The fraction of sp³-hybridized carbons (Fsp3) is 0.958. The van der Waals surface area contributed by atoms with Crippen LogP contribution in [0.3, 0.4) is 0 Å². The van der Waals surface area contributed by atoms with Crippen molar-refractivity contribution in [3.63, 3.8) is 0 Å². The monoisotopic (exact) mass is 414 g/mol. The van der Waals surface area contributed by atoms with E-state index >= 15 is 0 Å². The van der Waals surface area contributed by atoms with Crippen LogP contribution in [0.5, 0.6) is 0 Å². The summed E-state index contributed by atoms with van der Waals surface area (Å²) < 4.78 is 0. The molecule has 168 valence electrons. The highest BCUT2D eigenvalue weighted by Gasteiger charge is 2.51. The van der Waals surface area contributed by atoms with E-state index in [1.165, 1.54) is 70.9 Å². The summed E-state index contributed by atoms with van der Waals surface area (Å²) >= 11 is 0. The van der Waals surface area contributed by atoms with Crippen LogP contribution in [-0.4, -0.2) is 48.8 Å². The van der Waals surface area contributed by atoms with E-state index in [2.05, 4.69) is 46.5 Å². The van der Waals surface area contributed by atoms with Gasteiger partial charge in [-0.25, -0.2) is 10.4 Å². The third-order valence-electron chi connectivity index (χ3n) is 9.49. The predicted octanol–water partition coefficient (Wildman–Crippen LogP) is 2.54. The van der Waals surface area contributed by atoms with E-state index in [1.54, 1.807) is 0 Å². The van der Waals surface area contributed by atoms with Gasteiger partial charge in [-0.15, -0.1) is 0 Å². The normalized spacial score (nSPS) is 45.4. The minimum atomic E-state index is -0.186. The molecule has 6 atom stereocenters. The number of nitrogens with zero attached hydrogens (tertiary/aromatic N) is 2. The van der Waals surface area contributed by atoms with Crippen molar-refractivity contribution in [1.29, 1.82) is 5.26 Å². The van der Waals surface area contributed by atoms with E-state index in [-0.39, 0.29) is 5.41 Å². The van der Waals surface area contributed by atoms with E-state index < -0.39 is 0 Å². The smallest absolute Gasteiger partial charge is 0.0686 e. The summed E-state index contributed by atoms with van der Waals surface area (Å²) in [4.78, 5) is 0. The number of fused-ring (bicyclic) bond motifs is 3. The maximum absolute atomic E-state index is 9.55. The van der Waals surface area contributed by atoms with Crippen LogP contribution < -0.4 is 21.6 Å². The molecular weight excluding hydrogens is 372 g/mol. The third-order valence-corrected chi connectivity index (χ3v) is 9.49. The van der Waals surface area contributed by atoms with E-state index in [0.717, 1.165) is 24.3 Å². The fourth-order valence-corrected chi connectivity index (χ4v) is 7.55. The number of hydrogen-bond acceptors (Lipinski definition) is 6. The van der Waals surface area contributed by atoms with Crippen LogP contribution in [0.25, 0.3) is 0 Å². The standard InChI is InChI=1S/C24H42N6/c1-24(2,15-25)18-6-8-19(9-7-18)30-23-20-12-16(17-4-3-11-26-13-17)5-10-21(20)27-14-22(23)28-29-30/h16-23,26-29H,3-14H2,1-2H3. The minimum Gasteiger partial charge on any atom is -0.316 e. The van der Waals surface area contributed by atoms with Crippen molar-refractivity contribution in [2.24, 2.45) is 29.1 Å². The lowest BCUT2D eigenvalue weighted by Crippen LogP contribution is -2.63. The van der Waals surface area contributed by atoms with Crippen LogP contribution in [0.1, 0.15) is 71.6 Å². The Morgan fingerprint density at radius 2 is 1.77 bits per heavy atom. The molecule has 0 radical (unpaired) electrons. The molecule has 5 rings (SSSR count). The first-order valence-corrected chi connectivity index (χ1v) is 12.7. The maximum atomic E-state index is 9.55. The predicted molar refractivity (Wildman–Crippen MR) is 119 cm³/mol. The van der Waals surface area contributed by atoms with Crippen molar-refractivity contribution >= 4 is 0 Å². The summed E-state index contributed by atoms with van der Waals surface area (Å²) in [5, 5.41) is 19.7. The molecule has 0 bridgehead atoms. The average molecular weight is 415 g/mol. The summed E-state index contributed by atoms with van der Waals surface area (Å²) in [6.45, 7) is 7.80.